The van der Waals surface area contributed by atoms with Gasteiger partial charge in [-0.15, -0.1) is 0 Å². The van der Waals surface area contributed by atoms with Crippen LogP contribution in [0, 0.1) is 11.8 Å². The molecule has 0 radical (unpaired) electrons. The minimum Gasteiger partial charge on any atom is -0.390 e. The number of hydrogen-bond donors (Lipinski definition) is 1. The Bertz CT molecular complexity index is 306. The maximum absolute atomic E-state index is 13.0. The van der Waals surface area contributed by atoms with Crippen molar-refractivity contribution < 1.29 is 27.4 Å². The molecule has 2 bridgehead atoms. The third-order valence-corrected chi connectivity index (χ3v) is 4.52. The van der Waals surface area contributed by atoms with Crippen molar-refractivity contribution in [3.8, 4) is 0 Å². The monoisotopic (exact) mass is 334 g/mol. The van der Waals surface area contributed by atoms with Crippen molar-refractivity contribution in [1.82, 2.24) is 0 Å². The van der Waals surface area contributed by atoms with Crippen LogP contribution in [0.15, 0.2) is 0 Å². The van der Waals surface area contributed by atoms with E-state index in [1.165, 1.54) is 0 Å². The van der Waals surface area contributed by atoms with E-state index in [1.807, 2.05) is 0 Å². The Balaban J connectivity index is 1.79. The van der Waals surface area contributed by atoms with E-state index in [1.54, 1.807) is 15.9 Å². The Hall–Kier alpha value is 0.120. The third-order valence-electron chi connectivity index (χ3n) is 3.94. The SMILES string of the molecule is OC1C2CCC(C2)C1OCCC(F)(F)C(F)(F)Br. The van der Waals surface area contributed by atoms with Gasteiger partial charge in [-0.1, -0.05) is 0 Å². The molecule has 0 aromatic rings. The van der Waals surface area contributed by atoms with Gasteiger partial charge < -0.3 is 9.84 Å². The van der Waals surface area contributed by atoms with Crippen LogP contribution in [0.2, 0.25) is 0 Å². The van der Waals surface area contributed by atoms with E-state index < -0.39 is 36.0 Å². The Morgan fingerprint density at radius 3 is 2.28 bits per heavy atom. The molecule has 0 aromatic carbocycles. The summed E-state index contributed by atoms with van der Waals surface area (Å²) in [7, 11) is 0. The Morgan fingerprint density at radius 2 is 1.78 bits per heavy atom. The molecule has 2 saturated carbocycles. The zero-order chi connectivity index (χ0) is 13.6. The van der Waals surface area contributed by atoms with E-state index in [4.69, 9.17) is 4.74 Å². The molecule has 2 aliphatic rings. The number of ether oxygens (including phenoxy) is 1. The molecule has 2 aliphatic carbocycles. The van der Waals surface area contributed by atoms with Gasteiger partial charge in [0.25, 0.3) is 0 Å². The maximum atomic E-state index is 13.0. The first-order chi connectivity index (χ1) is 8.22. The van der Waals surface area contributed by atoms with E-state index in [0.717, 1.165) is 19.3 Å². The predicted octanol–water partition coefficient (Wildman–Crippen LogP) is 3.18. The standard InChI is InChI=1S/C11H15BrF4O2/c12-11(15,16)10(13,14)3-4-18-9-7-2-1-6(5-7)8(9)17/h6-9,17H,1-5H2. The van der Waals surface area contributed by atoms with Gasteiger partial charge in [-0.25, -0.2) is 0 Å². The van der Waals surface area contributed by atoms with E-state index in [-0.39, 0.29) is 11.8 Å². The van der Waals surface area contributed by atoms with Gasteiger partial charge in [0.15, 0.2) is 0 Å². The topological polar surface area (TPSA) is 29.5 Å². The summed E-state index contributed by atoms with van der Waals surface area (Å²) < 4.78 is 56.1. The fourth-order valence-electron chi connectivity index (χ4n) is 2.91. The lowest BCUT2D eigenvalue weighted by molar-refractivity contribution is -0.167. The Labute approximate surface area is 111 Å². The lowest BCUT2D eigenvalue weighted by Gasteiger charge is -2.28. The molecular formula is C11H15BrF4O2. The molecule has 2 fully saturated rings. The van der Waals surface area contributed by atoms with Gasteiger partial charge in [-0.05, 0) is 47.0 Å². The number of aliphatic hydroxyl groups excluding tert-OH is 1. The zero-order valence-corrected chi connectivity index (χ0v) is 11.2. The highest BCUT2D eigenvalue weighted by molar-refractivity contribution is 9.10. The molecule has 0 aromatic heterocycles. The van der Waals surface area contributed by atoms with Crippen LogP contribution < -0.4 is 0 Å². The lowest BCUT2D eigenvalue weighted by atomic mass is 9.95. The first-order valence-corrected chi connectivity index (χ1v) is 6.76. The number of alkyl halides is 5. The summed E-state index contributed by atoms with van der Waals surface area (Å²) in [6.07, 6.45) is 0.520. The van der Waals surface area contributed by atoms with Gasteiger partial charge in [0.1, 0.15) is 0 Å². The summed E-state index contributed by atoms with van der Waals surface area (Å²) in [5.74, 6) is -3.78. The molecule has 106 valence electrons. The summed E-state index contributed by atoms with van der Waals surface area (Å²) in [5.41, 5.74) is 0. The van der Waals surface area contributed by atoms with Crippen LogP contribution >= 0.6 is 15.9 Å². The zero-order valence-electron chi connectivity index (χ0n) is 9.59. The van der Waals surface area contributed by atoms with Gasteiger partial charge >= 0.3 is 10.8 Å². The maximum Gasteiger partial charge on any atom is 0.363 e. The van der Waals surface area contributed by atoms with Crippen LogP contribution in [0.3, 0.4) is 0 Å². The van der Waals surface area contributed by atoms with Crippen molar-refractivity contribution >= 4 is 15.9 Å². The highest BCUT2D eigenvalue weighted by Crippen LogP contribution is 2.47. The van der Waals surface area contributed by atoms with Crippen LogP contribution in [0.25, 0.3) is 0 Å². The summed E-state index contributed by atoms with van der Waals surface area (Å²) in [4.78, 5) is -4.23. The Kier molecular flexibility index (Phi) is 3.96. The van der Waals surface area contributed by atoms with Crippen molar-refractivity contribution in [2.45, 2.75) is 48.6 Å². The largest absolute Gasteiger partial charge is 0.390 e. The van der Waals surface area contributed by atoms with E-state index in [2.05, 4.69) is 0 Å². The van der Waals surface area contributed by atoms with Crippen molar-refractivity contribution in [2.75, 3.05) is 6.61 Å². The molecule has 18 heavy (non-hydrogen) atoms. The van der Waals surface area contributed by atoms with Gasteiger partial charge in [0.2, 0.25) is 0 Å². The second-order valence-electron chi connectivity index (χ2n) is 5.11. The van der Waals surface area contributed by atoms with Crippen molar-refractivity contribution in [3.63, 3.8) is 0 Å². The van der Waals surface area contributed by atoms with Crippen LogP contribution in [0.4, 0.5) is 17.6 Å². The van der Waals surface area contributed by atoms with E-state index in [9.17, 15) is 22.7 Å². The number of halogens is 5. The van der Waals surface area contributed by atoms with Gasteiger partial charge in [0, 0.05) is 6.42 Å². The number of fused-ring (bicyclic) bond motifs is 2. The van der Waals surface area contributed by atoms with Crippen LogP contribution in [0.1, 0.15) is 25.7 Å². The average Bonchev–Trinajstić information content (AvgIpc) is 2.79. The first-order valence-electron chi connectivity index (χ1n) is 5.96. The van der Waals surface area contributed by atoms with Gasteiger partial charge in [0.05, 0.1) is 18.8 Å². The second-order valence-corrected chi connectivity index (χ2v) is 6.11. The molecule has 4 atom stereocenters. The van der Waals surface area contributed by atoms with Gasteiger partial charge in [-0.3, -0.25) is 0 Å². The highest BCUT2D eigenvalue weighted by atomic mass is 79.9. The molecule has 0 heterocycles. The molecule has 2 nitrogen and oxygen atoms in total. The third kappa shape index (κ3) is 2.67. The second kappa shape index (κ2) is 4.90. The van der Waals surface area contributed by atoms with Crippen molar-refractivity contribution in [1.29, 1.82) is 0 Å². The highest BCUT2D eigenvalue weighted by Gasteiger charge is 2.54. The summed E-state index contributed by atoms with van der Waals surface area (Å²) in [6.45, 7) is -0.473. The summed E-state index contributed by atoms with van der Waals surface area (Å²) in [6, 6.07) is 0. The van der Waals surface area contributed by atoms with Crippen LogP contribution in [-0.2, 0) is 4.74 Å². The molecule has 2 rings (SSSR count). The van der Waals surface area contributed by atoms with Crippen molar-refractivity contribution in [2.24, 2.45) is 11.8 Å². The van der Waals surface area contributed by atoms with Crippen molar-refractivity contribution in [3.05, 3.63) is 0 Å². The fourth-order valence-corrected chi connectivity index (χ4v) is 3.11. The lowest BCUT2D eigenvalue weighted by Crippen LogP contribution is -2.39. The minimum atomic E-state index is -4.23. The molecule has 0 amide bonds. The molecular weight excluding hydrogens is 320 g/mol. The number of rotatable bonds is 5. The first kappa shape index (κ1) is 14.5. The fraction of sp³-hybridized carbons (Fsp3) is 1.00. The van der Waals surface area contributed by atoms with Crippen LogP contribution in [-0.4, -0.2) is 34.7 Å². The quantitative estimate of drug-likeness (QED) is 0.618. The molecule has 4 unspecified atom stereocenters. The van der Waals surface area contributed by atoms with Crippen LogP contribution in [0.5, 0.6) is 0 Å². The minimum absolute atomic E-state index is 0.179. The smallest absolute Gasteiger partial charge is 0.363 e. The Morgan fingerprint density at radius 1 is 1.17 bits per heavy atom. The number of hydrogen-bond acceptors (Lipinski definition) is 2. The summed E-state index contributed by atoms with van der Waals surface area (Å²) >= 11 is 1.67. The average molecular weight is 335 g/mol. The molecule has 0 saturated heterocycles. The molecule has 0 aliphatic heterocycles. The molecule has 7 heteroatoms. The number of aliphatic hydroxyl groups is 1. The summed E-state index contributed by atoms with van der Waals surface area (Å²) in [5, 5.41) is 9.80. The van der Waals surface area contributed by atoms with Gasteiger partial charge in [-0.2, -0.15) is 17.6 Å². The normalized spacial score (nSPS) is 36.3. The molecule has 1 N–H and O–H groups in total. The molecule has 0 spiro atoms. The predicted molar refractivity (Wildman–Crippen MR) is 60.0 cm³/mol. The van der Waals surface area contributed by atoms with E-state index in [0.29, 0.717) is 0 Å². The van der Waals surface area contributed by atoms with E-state index >= 15 is 0 Å².